The molecule has 0 saturated heterocycles. The molecule has 0 aliphatic carbocycles. The first-order valence-corrected chi connectivity index (χ1v) is 6.67. The van der Waals surface area contributed by atoms with Gasteiger partial charge in [-0.1, -0.05) is 29.8 Å². The molecule has 4 nitrogen and oxygen atoms in total. The van der Waals surface area contributed by atoms with Crippen LogP contribution in [0.4, 0.5) is 11.5 Å². The van der Waals surface area contributed by atoms with Crippen molar-refractivity contribution >= 4 is 17.4 Å². The smallest absolute Gasteiger partial charge is 0.232 e. The highest BCUT2D eigenvalue weighted by Gasteiger charge is 2.15. The van der Waals surface area contributed by atoms with Gasteiger partial charge in [-0.25, -0.2) is 4.98 Å². The maximum atomic E-state index is 12.4. The van der Waals surface area contributed by atoms with E-state index >= 15 is 0 Å². The number of hydrogen-bond donors (Lipinski definition) is 1. The maximum absolute atomic E-state index is 12.4. The number of likely N-dealkylation sites (N-methyl/N-ethyl adjacent to an activating group) is 1. The van der Waals surface area contributed by atoms with Crippen LogP contribution in [-0.2, 0) is 11.2 Å². The summed E-state index contributed by atoms with van der Waals surface area (Å²) in [6.45, 7) is 4.54. The van der Waals surface area contributed by atoms with Crippen molar-refractivity contribution < 1.29 is 4.79 Å². The second kappa shape index (κ2) is 6.19. The molecule has 0 atom stereocenters. The third-order valence-electron chi connectivity index (χ3n) is 3.10. The number of nitrogens with two attached hydrogens (primary N) is 1. The quantitative estimate of drug-likeness (QED) is 0.928. The molecule has 2 N–H and O–H groups in total. The highest BCUT2D eigenvalue weighted by atomic mass is 16.2. The van der Waals surface area contributed by atoms with Crippen LogP contribution in [0.1, 0.15) is 18.1 Å². The van der Waals surface area contributed by atoms with Crippen molar-refractivity contribution in [3.63, 3.8) is 0 Å². The average molecular weight is 269 g/mol. The fourth-order valence-electron chi connectivity index (χ4n) is 2.12. The molecule has 20 heavy (non-hydrogen) atoms. The number of nitrogens with zero attached hydrogens (tertiary/aromatic N) is 2. The summed E-state index contributed by atoms with van der Waals surface area (Å²) < 4.78 is 0. The highest BCUT2D eigenvalue weighted by molar-refractivity contribution is 5.93. The van der Waals surface area contributed by atoms with Gasteiger partial charge in [-0.2, -0.15) is 0 Å². The summed E-state index contributed by atoms with van der Waals surface area (Å²) in [4.78, 5) is 18.3. The monoisotopic (exact) mass is 269 g/mol. The SMILES string of the molecule is CCN(C(=O)Cc1cccc(C)c1)c1ccc(N)cn1. The van der Waals surface area contributed by atoms with Crippen LogP contribution in [0.3, 0.4) is 0 Å². The van der Waals surface area contributed by atoms with Gasteiger partial charge in [0, 0.05) is 6.54 Å². The first-order chi connectivity index (χ1) is 9.60. The first-order valence-electron chi connectivity index (χ1n) is 6.67. The summed E-state index contributed by atoms with van der Waals surface area (Å²) in [6, 6.07) is 11.5. The molecule has 0 spiro atoms. The van der Waals surface area contributed by atoms with E-state index in [0.717, 1.165) is 11.1 Å². The van der Waals surface area contributed by atoms with Gasteiger partial charge in [0.15, 0.2) is 0 Å². The van der Waals surface area contributed by atoms with Crippen LogP contribution in [0.25, 0.3) is 0 Å². The Morgan fingerprint density at radius 2 is 2.10 bits per heavy atom. The Balaban J connectivity index is 2.15. The van der Waals surface area contributed by atoms with Gasteiger partial charge < -0.3 is 5.73 Å². The lowest BCUT2D eigenvalue weighted by Gasteiger charge is -2.20. The molecule has 0 saturated carbocycles. The fourth-order valence-corrected chi connectivity index (χ4v) is 2.12. The molecule has 0 aliphatic heterocycles. The molecule has 1 amide bonds. The Morgan fingerprint density at radius 1 is 1.30 bits per heavy atom. The van der Waals surface area contributed by atoms with E-state index in [-0.39, 0.29) is 5.91 Å². The third kappa shape index (κ3) is 3.35. The molecule has 1 aromatic heterocycles. The first kappa shape index (κ1) is 14.1. The van der Waals surface area contributed by atoms with Crippen LogP contribution in [-0.4, -0.2) is 17.4 Å². The van der Waals surface area contributed by atoms with Gasteiger partial charge >= 0.3 is 0 Å². The molecule has 104 valence electrons. The zero-order valence-electron chi connectivity index (χ0n) is 11.8. The van der Waals surface area contributed by atoms with Crippen molar-refractivity contribution in [3.05, 3.63) is 53.7 Å². The van der Waals surface area contributed by atoms with Crippen LogP contribution in [0, 0.1) is 6.92 Å². The zero-order valence-corrected chi connectivity index (χ0v) is 11.8. The van der Waals surface area contributed by atoms with Gasteiger partial charge in [0.25, 0.3) is 0 Å². The summed E-state index contributed by atoms with van der Waals surface area (Å²) in [5.74, 6) is 0.676. The number of carbonyl (C=O) groups excluding carboxylic acids is 1. The van der Waals surface area contributed by atoms with Crippen molar-refractivity contribution in [1.82, 2.24) is 4.98 Å². The molecule has 2 rings (SSSR count). The predicted octanol–water partition coefficient (Wildman–Crippen LogP) is 2.57. The van der Waals surface area contributed by atoms with E-state index in [4.69, 9.17) is 5.73 Å². The van der Waals surface area contributed by atoms with Crippen molar-refractivity contribution in [2.24, 2.45) is 0 Å². The van der Waals surface area contributed by atoms with Gasteiger partial charge in [0.2, 0.25) is 5.91 Å². The number of aryl methyl sites for hydroxylation is 1. The molecular formula is C16H19N3O. The van der Waals surface area contributed by atoms with Crippen molar-refractivity contribution in [2.45, 2.75) is 20.3 Å². The topological polar surface area (TPSA) is 59.2 Å². The molecule has 0 aliphatic rings. The van der Waals surface area contributed by atoms with Crippen LogP contribution < -0.4 is 10.6 Å². The third-order valence-corrected chi connectivity index (χ3v) is 3.10. The van der Waals surface area contributed by atoms with E-state index in [9.17, 15) is 4.79 Å². The van der Waals surface area contributed by atoms with E-state index < -0.39 is 0 Å². The summed E-state index contributed by atoms with van der Waals surface area (Å²) in [7, 11) is 0. The Morgan fingerprint density at radius 3 is 2.70 bits per heavy atom. The molecule has 0 unspecified atom stereocenters. The van der Waals surface area contributed by atoms with Crippen LogP contribution in [0.5, 0.6) is 0 Å². The van der Waals surface area contributed by atoms with Crippen molar-refractivity contribution in [3.8, 4) is 0 Å². The van der Waals surface area contributed by atoms with E-state index in [1.54, 1.807) is 23.2 Å². The number of pyridine rings is 1. The van der Waals surface area contributed by atoms with Crippen molar-refractivity contribution in [2.75, 3.05) is 17.2 Å². The van der Waals surface area contributed by atoms with Crippen LogP contribution in [0.15, 0.2) is 42.6 Å². The lowest BCUT2D eigenvalue weighted by molar-refractivity contribution is -0.118. The average Bonchev–Trinajstić information content (AvgIpc) is 2.42. The normalized spacial score (nSPS) is 10.3. The predicted molar refractivity (Wildman–Crippen MR) is 81.6 cm³/mol. The lowest BCUT2D eigenvalue weighted by Crippen LogP contribution is -2.32. The number of nitrogen functional groups attached to an aromatic ring is 1. The number of benzene rings is 1. The number of hydrogen-bond acceptors (Lipinski definition) is 3. The maximum Gasteiger partial charge on any atom is 0.232 e. The van der Waals surface area contributed by atoms with Gasteiger partial charge in [-0.3, -0.25) is 9.69 Å². The molecule has 0 bridgehead atoms. The Hall–Kier alpha value is -2.36. The number of carbonyl (C=O) groups is 1. The minimum Gasteiger partial charge on any atom is -0.397 e. The fraction of sp³-hybridized carbons (Fsp3) is 0.250. The van der Waals surface area contributed by atoms with Crippen LogP contribution in [0.2, 0.25) is 0 Å². The van der Waals surface area contributed by atoms with Gasteiger partial charge in [0.05, 0.1) is 18.3 Å². The molecule has 1 heterocycles. The second-order valence-corrected chi connectivity index (χ2v) is 4.75. The minimum absolute atomic E-state index is 0.0374. The Bertz CT molecular complexity index is 593. The lowest BCUT2D eigenvalue weighted by atomic mass is 10.1. The zero-order chi connectivity index (χ0) is 14.5. The molecule has 0 fully saturated rings. The Kier molecular flexibility index (Phi) is 4.35. The standard InChI is InChI=1S/C16H19N3O/c1-3-19(15-8-7-14(17)11-18-15)16(20)10-13-6-4-5-12(2)9-13/h4-9,11H,3,10,17H2,1-2H3. The second-order valence-electron chi connectivity index (χ2n) is 4.75. The number of rotatable bonds is 4. The Labute approximate surface area is 119 Å². The van der Waals surface area contributed by atoms with E-state index in [2.05, 4.69) is 4.98 Å². The van der Waals surface area contributed by atoms with Gasteiger partial charge in [-0.05, 0) is 31.5 Å². The molecule has 0 radical (unpaired) electrons. The molecule has 2 aromatic rings. The summed E-state index contributed by atoms with van der Waals surface area (Å²) in [5.41, 5.74) is 8.39. The molecule has 4 heteroatoms. The summed E-state index contributed by atoms with van der Waals surface area (Å²) >= 11 is 0. The van der Waals surface area contributed by atoms with E-state index in [1.807, 2.05) is 38.1 Å². The highest BCUT2D eigenvalue weighted by Crippen LogP contribution is 2.14. The van der Waals surface area contributed by atoms with Gasteiger partial charge in [-0.15, -0.1) is 0 Å². The summed E-state index contributed by atoms with van der Waals surface area (Å²) in [6.07, 6.45) is 1.94. The summed E-state index contributed by atoms with van der Waals surface area (Å²) in [5, 5.41) is 0. The number of anilines is 2. The van der Waals surface area contributed by atoms with Crippen molar-refractivity contribution in [1.29, 1.82) is 0 Å². The van der Waals surface area contributed by atoms with Gasteiger partial charge in [0.1, 0.15) is 5.82 Å². The van der Waals surface area contributed by atoms with E-state index in [1.165, 1.54) is 0 Å². The largest absolute Gasteiger partial charge is 0.397 e. The van der Waals surface area contributed by atoms with E-state index in [0.29, 0.717) is 24.5 Å². The minimum atomic E-state index is 0.0374. The number of amides is 1. The molecular weight excluding hydrogens is 250 g/mol. The molecule has 1 aromatic carbocycles. The van der Waals surface area contributed by atoms with Crippen LogP contribution >= 0.6 is 0 Å². The number of aromatic nitrogens is 1.